The van der Waals surface area contributed by atoms with Crippen molar-refractivity contribution in [1.29, 1.82) is 0 Å². The molecule has 366 valence electrons. The molecule has 0 bridgehead atoms. The van der Waals surface area contributed by atoms with E-state index in [-0.39, 0.29) is 99.4 Å². The van der Waals surface area contributed by atoms with Crippen LogP contribution in [0.3, 0.4) is 0 Å². The van der Waals surface area contributed by atoms with Gasteiger partial charge in [-0.25, -0.2) is 9.59 Å². The number of carboxylic acids is 2. The number of nitrogens with one attached hydrogen (secondary N) is 2. The predicted molar refractivity (Wildman–Crippen MR) is 309 cm³/mol. The number of hydrogen-bond acceptors (Lipinski definition) is 11. The number of carboxylic acid groups (broad SMARTS) is 2. The van der Waals surface area contributed by atoms with Crippen LogP contribution in [0.4, 0.5) is 11.4 Å². The summed E-state index contributed by atoms with van der Waals surface area (Å²) in [4.78, 5) is 53.7. The number of unbranched alkanes of at least 4 members (excludes halogenated alkanes) is 2. The summed E-state index contributed by atoms with van der Waals surface area (Å²) >= 11 is 36.3. The molecule has 0 atom stereocenters. The Balaban J connectivity index is 0.000000232. The van der Waals surface area contributed by atoms with E-state index < -0.39 is 11.9 Å². The zero-order valence-electron chi connectivity index (χ0n) is 35.0. The van der Waals surface area contributed by atoms with Crippen molar-refractivity contribution in [2.75, 3.05) is 11.9 Å². The Morgan fingerprint density at radius 1 is 0.662 bits per heavy atom. The van der Waals surface area contributed by atoms with Crippen molar-refractivity contribution in [2.45, 2.75) is 33.6 Å². The lowest BCUT2D eigenvalue weighted by atomic mass is 9.90. The second-order valence-electron chi connectivity index (χ2n) is 14.9. The zero-order chi connectivity index (χ0) is 51.0. The molecule has 0 saturated heterocycles. The van der Waals surface area contributed by atoms with Gasteiger partial charge >= 0.3 is 11.9 Å². The fourth-order valence-electron chi connectivity index (χ4n) is 7.37. The highest BCUT2D eigenvalue weighted by molar-refractivity contribution is 9.12. The van der Waals surface area contributed by atoms with Gasteiger partial charge in [0.2, 0.25) is 10.9 Å². The van der Waals surface area contributed by atoms with Crippen LogP contribution in [0.5, 0.6) is 11.5 Å². The van der Waals surface area contributed by atoms with Gasteiger partial charge in [0.05, 0.1) is 39.9 Å². The van der Waals surface area contributed by atoms with Gasteiger partial charge in [0.15, 0.2) is 16.6 Å². The van der Waals surface area contributed by atoms with E-state index in [9.17, 15) is 39.6 Å². The number of nitrogens with zero attached hydrogens (tertiary/aromatic N) is 1. The Kier molecular flexibility index (Phi) is 18.7. The number of fused-ring (bicyclic) bond motifs is 4. The molecule has 2 aliphatic heterocycles. The number of isothiocyanates is 1. The van der Waals surface area contributed by atoms with E-state index >= 15 is 0 Å². The molecule has 0 saturated carbocycles. The summed E-state index contributed by atoms with van der Waals surface area (Å²) in [6.45, 7) is 2.83. The Labute approximate surface area is 481 Å². The molecule has 4 aromatic rings. The first kappa shape index (κ1) is 56.4. The number of aliphatic imine (C=N–C) groups is 1. The Morgan fingerprint density at radius 3 is 1.58 bits per heavy atom. The summed E-state index contributed by atoms with van der Waals surface area (Å²) in [5.74, 6) is -2.71. The monoisotopic (exact) mass is 1500 g/mol. The van der Waals surface area contributed by atoms with Crippen LogP contribution in [-0.4, -0.2) is 39.0 Å². The lowest BCUT2D eigenvalue weighted by molar-refractivity contribution is -0.271. The van der Waals surface area contributed by atoms with Crippen LogP contribution >= 0.6 is 152 Å². The van der Waals surface area contributed by atoms with Crippen LogP contribution in [-0.2, 0) is 0 Å². The van der Waals surface area contributed by atoms with Gasteiger partial charge in [0.25, 0.3) is 0 Å². The van der Waals surface area contributed by atoms with Crippen molar-refractivity contribution < 1.29 is 38.8 Å². The second kappa shape index (κ2) is 23.6. The minimum absolute atomic E-state index is 0. The molecule has 2 aliphatic carbocycles. The maximum Gasteiger partial charge on any atom is 0.336 e. The lowest BCUT2D eigenvalue weighted by Gasteiger charge is -2.22. The van der Waals surface area contributed by atoms with Crippen molar-refractivity contribution in [1.82, 2.24) is 5.32 Å². The van der Waals surface area contributed by atoms with Crippen LogP contribution in [0.2, 0.25) is 0 Å². The number of halogens is 8. The van der Waals surface area contributed by atoms with E-state index in [0.717, 1.165) is 19.3 Å². The number of anilines is 1. The van der Waals surface area contributed by atoms with E-state index in [4.69, 9.17) is 21.1 Å². The standard InChI is InChI=1S/C26H20Br4N2O5S.C21H7Br4NO5S.CH4/c1-2-3-4-7-31-26(38)32-11-5-6-12(13(8-11)25(35)36)18-14-9-16(27)21(33)19(29)23(14)37-24-15(18)10-17(28)22(34)20(24)30;22-12-4-10-14(8-2-1-7(26-6-32)3-9(8)21(29)30)11-5-13(23)18(28)16(25)20(11)31-19(10)15(24)17(12)27;/h5-6,8-10,33H,2-4,7H2,1H3,(H,35,36)(H2,31,32,38);1-5,27H,(H,29,30);1H4/p-2. The van der Waals surface area contributed by atoms with Crippen LogP contribution in [0.1, 0.15) is 54.3 Å². The molecule has 0 aromatic heterocycles. The quantitative estimate of drug-likeness (QED) is 0.0434. The summed E-state index contributed by atoms with van der Waals surface area (Å²) < 4.78 is 13.6. The number of benzene rings is 6. The van der Waals surface area contributed by atoms with Crippen molar-refractivity contribution in [3.63, 3.8) is 0 Å². The minimum atomic E-state index is -1.19. The fourth-order valence-corrected chi connectivity index (χ4v) is 12.5. The average Bonchev–Trinajstić information content (AvgIpc) is 3.32. The third-order valence-electron chi connectivity index (χ3n) is 10.5. The van der Waals surface area contributed by atoms with Gasteiger partial charge in [-0.3, -0.25) is 9.59 Å². The van der Waals surface area contributed by atoms with E-state index in [1.807, 2.05) is 0 Å². The Hall–Kier alpha value is -3.87. The van der Waals surface area contributed by atoms with E-state index in [1.54, 1.807) is 48.5 Å². The van der Waals surface area contributed by atoms with Gasteiger partial charge < -0.3 is 39.9 Å². The van der Waals surface area contributed by atoms with Crippen LogP contribution in [0.15, 0.2) is 120 Å². The highest BCUT2D eigenvalue weighted by Crippen LogP contribution is 2.51. The number of rotatable bonds is 10. The smallest absolute Gasteiger partial charge is 0.336 e. The maximum absolute atomic E-state index is 12.7. The van der Waals surface area contributed by atoms with Gasteiger partial charge in [0, 0.05) is 54.2 Å². The van der Waals surface area contributed by atoms with Gasteiger partial charge in [-0.1, -0.05) is 82.7 Å². The zero-order valence-corrected chi connectivity index (χ0v) is 49.4. The van der Waals surface area contributed by atoms with Crippen LogP contribution < -0.4 is 31.7 Å². The molecule has 0 fully saturated rings. The van der Waals surface area contributed by atoms with Crippen molar-refractivity contribution in [2.24, 2.45) is 4.99 Å². The van der Waals surface area contributed by atoms with Gasteiger partial charge in [-0.15, -0.1) is 0 Å². The van der Waals surface area contributed by atoms with Crippen molar-refractivity contribution in [3.05, 3.63) is 128 Å². The Bertz CT molecular complexity index is 3640. The summed E-state index contributed by atoms with van der Waals surface area (Å²) in [5, 5.41) is 55.0. The van der Waals surface area contributed by atoms with E-state index in [2.05, 4.69) is 167 Å². The van der Waals surface area contributed by atoms with Crippen LogP contribution in [0, 0.1) is 0 Å². The molecule has 4 aromatic carbocycles. The average molecular weight is 1510 g/mol. The first-order chi connectivity index (χ1) is 33.2. The third-order valence-corrected chi connectivity index (χ3v) is 16.1. The molecular formula is C48H29Br8N3O10S2-2. The number of carbonyl (C=O) groups is 2. The summed E-state index contributed by atoms with van der Waals surface area (Å²) in [7, 11) is 0. The molecule has 4 N–H and O–H groups in total. The maximum atomic E-state index is 12.7. The first-order valence-electron chi connectivity index (χ1n) is 20.0. The van der Waals surface area contributed by atoms with Gasteiger partial charge in [-0.05, 0) is 186 Å². The van der Waals surface area contributed by atoms with Crippen LogP contribution in [0.25, 0.3) is 66.8 Å². The molecule has 13 nitrogen and oxygen atoms in total. The molecule has 4 aliphatic rings. The van der Waals surface area contributed by atoms with Gasteiger partial charge in [-0.2, -0.15) is 4.99 Å². The number of aromatic carboxylic acids is 2. The molecule has 23 heteroatoms. The minimum Gasteiger partial charge on any atom is -0.871 e. The van der Waals surface area contributed by atoms with E-state index in [0.29, 0.717) is 67.2 Å². The summed E-state index contributed by atoms with van der Waals surface area (Å²) in [6, 6.07) is 15.7. The van der Waals surface area contributed by atoms with Gasteiger partial charge in [0.1, 0.15) is 20.1 Å². The lowest BCUT2D eigenvalue weighted by Crippen LogP contribution is -2.29. The molecule has 2 heterocycles. The second-order valence-corrected chi connectivity index (χ2v) is 22.0. The van der Waals surface area contributed by atoms with Crippen molar-refractivity contribution in [3.8, 4) is 56.4 Å². The normalized spacial score (nSPS) is 10.9. The molecule has 0 spiro atoms. The summed E-state index contributed by atoms with van der Waals surface area (Å²) in [5.41, 5.74) is 2.99. The fraction of sp³-hybridized carbons (Fsp3) is 0.125. The molecular weight excluding hydrogens is 1480 g/mol. The van der Waals surface area contributed by atoms with Crippen molar-refractivity contribution >= 4 is 207 Å². The molecule has 8 rings (SSSR count). The predicted octanol–water partition coefficient (Wildman–Crippen LogP) is 15.6. The highest BCUT2D eigenvalue weighted by Gasteiger charge is 2.29. The first-order valence-corrected chi connectivity index (χ1v) is 27.1. The molecule has 0 unspecified atom stereocenters. The molecule has 0 radical (unpaired) electrons. The third kappa shape index (κ3) is 11.3. The summed E-state index contributed by atoms with van der Waals surface area (Å²) in [6.07, 6.45) is 3.15. The number of thiocarbonyl (C=S) groups is 2. The topological polar surface area (TPSA) is 218 Å². The molecule has 0 amide bonds. The van der Waals surface area contributed by atoms with E-state index in [1.165, 1.54) is 12.1 Å². The molecule has 71 heavy (non-hydrogen) atoms. The SMILES string of the molecule is C.CCCCCNC(=S)Nc1ccc(-c2c3cc(Br)c(=O)c(Br)c-3oc3c(Br)c([O-])c(Br)cc23)c(C(=O)O)c1.O=C(O)c1cc(N=C=S)ccc1-c1c2cc(Br)c(=O)c(Br)c-2oc2c(Br)c([O-])c(Br)cc12. The largest absolute Gasteiger partial charge is 0.871 e. The number of hydrogen-bond donors (Lipinski definition) is 4. The Morgan fingerprint density at radius 2 is 1.13 bits per heavy atom. The highest BCUT2D eigenvalue weighted by atomic mass is 79.9.